The average molecular weight is 464 g/mol. The number of hydrogen-bond acceptors (Lipinski definition) is 7. The molecule has 0 aliphatic carbocycles. The maximum atomic E-state index is 12.7. The highest BCUT2D eigenvalue weighted by atomic mass is 32.2. The Bertz CT molecular complexity index is 984. The number of nitrogens with one attached hydrogen (secondary N) is 1. The number of β-lactam (4-membered cyclic amide) rings is 1. The Kier molecular flexibility index (Phi) is 5.65. The van der Waals surface area contributed by atoms with Gasteiger partial charge >= 0.3 is 7.60 Å². The number of hydrogen-bond donors (Lipinski definition) is 3. The van der Waals surface area contributed by atoms with Gasteiger partial charge in [-0.25, -0.2) is 0 Å². The van der Waals surface area contributed by atoms with E-state index in [1.54, 1.807) is 19.9 Å². The largest absolute Gasteiger partial charge is 0.351 e. The van der Waals surface area contributed by atoms with E-state index in [0.29, 0.717) is 0 Å². The molecule has 1 aromatic carbocycles. The zero-order valence-electron chi connectivity index (χ0n) is 15.8. The van der Waals surface area contributed by atoms with Gasteiger partial charge in [-0.1, -0.05) is 30.3 Å². The van der Waals surface area contributed by atoms with Gasteiger partial charge in [-0.2, -0.15) is 8.42 Å². The van der Waals surface area contributed by atoms with E-state index in [0.717, 1.165) is 7.11 Å². The molecule has 5 atom stereocenters. The normalized spacial score (nSPS) is 28.8. The van der Waals surface area contributed by atoms with Crippen LogP contribution in [0.25, 0.3) is 0 Å². The van der Waals surface area contributed by atoms with E-state index in [4.69, 9.17) is 4.52 Å². The van der Waals surface area contributed by atoms with Crippen molar-refractivity contribution in [1.82, 2.24) is 10.2 Å². The van der Waals surface area contributed by atoms with Gasteiger partial charge in [-0.3, -0.25) is 18.7 Å². The number of fused-ring (bicyclic) bond motifs is 1. The molecule has 2 aliphatic heterocycles. The summed E-state index contributed by atoms with van der Waals surface area (Å²) in [6.45, 7) is 3.36. The molecule has 0 bridgehead atoms. The second-order valence-corrected chi connectivity index (χ2v) is 12.5. The highest BCUT2D eigenvalue weighted by Crippen LogP contribution is 2.64. The van der Waals surface area contributed by atoms with Gasteiger partial charge in [0.25, 0.3) is 10.1 Å². The Labute approximate surface area is 172 Å². The number of benzene rings is 1. The molecule has 160 valence electrons. The molecule has 13 heteroatoms. The monoisotopic (exact) mass is 464 g/mol. The molecule has 0 spiro atoms. The Morgan fingerprint density at radius 1 is 1.34 bits per heavy atom. The van der Waals surface area contributed by atoms with E-state index < -0.39 is 56.7 Å². The summed E-state index contributed by atoms with van der Waals surface area (Å²) in [7, 11) is -7.86. The molecule has 0 saturated carbocycles. The summed E-state index contributed by atoms with van der Waals surface area (Å²) >= 11 is 1.20. The lowest BCUT2D eigenvalue weighted by molar-refractivity contribution is -0.149. The quantitative estimate of drug-likeness (QED) is 0.318. The van der Waals surface area contributed by atoms with Gasteiger partial charge in [0.05, 0.1) is 0 Å². The minimum absolute atomic E-state index is 0.0488. The Morgan fingerprint density at radius 3 is 2.45 bits per heavy atom. The molecule has 29 heavy (non-hydrogen) atoms. The topological polar surface area (TPSA) is 150 Å². The molecule has 0 aromatic heterocycles. The van der Waals surface area contributed by atoms with Crippen LogP contribution in [0.3, 0.4) is 0 Å². The van der Waals surface area contributed by atoms with Crippen molar-refractivity contribution < 1.29 is 36.5 Å². The lowest BCUT2D eigenvalue weighted by atomic mass is 10.0. The third-order valence-electron chi connectivity index (χ3n) is 4.90. The zero-order chi connectivity index (χ0) is 21.8. The number of rotatable bonds is 6. The van der Waals surface area contributed by atoms with Gasteiger partial charge in [0.15, 0.2) is 5.25 Å². The lowest BCUT2D eigenvalue weighted by Crippen LogP contribution is -2.69. The highest BCUT2D eigenvalue weighted by Gasteiger charge is 2.67. The molecular formula is C16H21N2O8PS2. The van der Waals surface area contributed by atoms with Crippen molar-refractivity contribution in [1.29, 1.82) is 0 Å². The summed E-state index contributed by atoms with van der Waals surface area (Å²) in [5.41, 5.74) is 0.0488. The summed E-state index contributed by atoms with van der Waals surface area (Å²) < 4.78 is 49.4. The first-order valence-corrected chi connectivity index (χ1v) is 12.5. The molecule has 10 nitrogen and oxygen atoms in total. The molecule has 2 amide bonds. The first-order chi connectivity index (χ1) is 13.3. The van der Waals surface area contributed by atoms with Gasteiger partial charge in [0.2, 0.25) is 11.8 Å². The summed E-state index contributed by atoms with van der Waals surface area (Å²) in [5, 5.41) is -0.198. The number of nitrogens with zero attached hydrogens (tertiary/aromatic N) is 1. The predicted molar refractivity (Wildman–Crippen MR) is 106 cm³/mol. The molecule has 4 unspecified atom stereocenters. The Morgan fingerprint density at radius 2 is 1.93 bits per heavy atom. The van der Waals surface area contributed by atoms with Crippen molar-refractivity contribution >= 4 is 41.3 Å². The van der Waals surface area contributed by atoms with Gasteiger partial charge in [-0.05, 0) is 19.4 Å². The summed E-state index contributed by atoms with van der Waals surface area (Å²) in [6.07, 6.45) is 0. The zero-order valence-corrected chi connectivity index (χ0v) is 18.3. The maximum absolute atomic E-state index is 12.7. The van der Waals surface area contributed by atoms with Crippen molar-refractivity contribution in [2.45, 2.75) is 41.0 Å². The third-order valence-corrected chi connectivity index (χ3v) is 9.76. The van der Waals surface area contributed by atoms with Crippen LogP contribution >= 0.6 is 19.4 Å². The lowest BCUT2D eigenvalue weighted by Gasteiger charge is -2.45. The Balaban J connectivity index is 1.85. The molecule has 2 saturated heterocycles. The number of carbonyl (C=O) groups excluding carboxylic acids is 2. The van der Waals surface area contributed by atoms with E-state index in [2.05, 4.69) is 5.32 Å². The summed E-state index contributed by atoms with van der Waals surface area (Å²) in [6, 6.07) is 6.30. The molecule has 2 aliphatic rings. The van der Waals surface area contributed by atoms with Crippen LogP contribution in [-0.4, -0.2) is 63.6 Å². The van der Waals surface area contributed by atoms with Crippen molar-refractivity contribution in [3.63, 3.8) is 0 Å². The van der Waals surface area contributed by atoms with Crippen molar-refractivity contribution in [2.24, 2.45) is 0 Å². The first-order valence-electron chi connectivity index (χ1n) is 8.51. The van der Waals surface area contributed by atoms with E-state index in [1.165, 1.54) is 40.9 Å². The molecule has 3 rings (SSSR count). The molecule has 0 radical (unpaired) electrons. The standard InChI is InChI=1S/C16H21N2O8PS2/c1-16(2)15(27(21,22)26-3)18-13(20)10(14(18)28-16)17-12(19)11(29(23,24)25)9-7-5-4-6-8-9/h4-8,10-11,14-15H,1-3H3,(H,17,19)(H,21,22)(H,23,24,25)/t10?,11?,14-,15?/m0/s1. The number of thioether (sulfide) groups is 1. The molecular weight excluding hydrogens is 443 g/mol. The summed E-state index contributed by atoms with van der Waals surface area (Å²) in [5.74, 6) is -2.79. The van der Waals surface area contributed by atoms with Crippen LogP contribution in [0.4, 0.5) is 0 Å². The van der Waals surface area contributed by atoms with Crippen LogP contribution < -0.4 is 5.32 Å². The minimum Gasteiger partial charge on any atom is -0.340 e. The van der Waals surface area contributed by atoms with E-state index in [-0.39, 0.29) is 5.56 Å². The van der Waals surface area contributed by atoms with Crippen LogP contribution in [-0.2, 0) is 28.8 Å². The predicted octanol–water partition coefficient (Wildman–Crippen LogP) is 0.952. The number of amides is 2. The van der Waals surface area contributed by atoms with Gasteiger partial charge < -0.3 is 19.6 Å². The SMILES string of the molecule is COP(=O)(O)C1N2C(=O)C(NC(=O)C(c3ccccc3)S(=O)(=O)O)[C@@H]2SC1(C)C. The summed E-state index contributed by atoms with van der Waals surface area (Å²) in [4.78, 5) is 36.6. The fourth-order valence-corrected chi connectivity index (χ4v) is 8.26. The highest BCUT2D eigenvalue weighted by molar-refractivity contribution is 8.02. The molecule has 2 fully saturated rings. The average Bonchev–Trinajstić information content (AvgIpc) is 2.88. The van der Waals surface area contributed by atoms with E-state index in [9.17, 15) is 32.0 Å². The van der Waals surface area contributed by atoms with E-state index in [1.807, 2.05) is 0 Å². The van der Waals surface area contributed by atoms with Crippen LogP contribution in [0.15, 0.2) is 30.3 Å². The fourth-order valence-electron chi connectivity index (χ4n) is 3.68. The van der Waals surface area contributed by atoms with Crippen molar-refractivity contribution in [3.05, 3.63) is 35.9 Å². The first kappa shape index (κ1) is 22.3. The van der Waals surface area contributed by atoms with Gasteiger partial charge in [0, 0.05) is 11.9 Å². The van der Waals surface area contributed by atoms with Crippen molar-refractivity contribution in [3.8, 4) is 0 Å². The molecule has 1 aromatic rings. The van der Waals surface area contributed by atoms with Crippen LogP contribution in [0, 0.1) is 0 Å². The van der Waals surface area contributed by atoms with Gasteiger partial charge in [-0.15, -0.1) is 11.8 Å². The van der Waals surface area contributed by atoms with Crippen LogP contribution in [0.5, 0.6) is 0 Å². The second kappa shape index (κ2) is 7.36. The second-order valence-electron chi connectivity index (χ2n) is 7.27. The van der Waals surface area contributed by atoms with Crippen LogP contribution in [0.1, 0.15) is 24.7 Å². The smallest absolute Gasteiger partial charge is 0.340 e. The third kappa shape index (κ3) is 3.85. The van der Waals surface area contributed by atoms with Gasteiger partial charge in [0.1, 0.15) is 17.2 Å². The fraction of sp³-hybridized carbons (Fsp3) is 0.500. The molecule has 2 heterocycles. The molecule has 3 N–H and O–H groups in total. The Hall–Kier alpha value is -1.43. The van der Waals surface area contributed by atoms with Crippen molar-refractivity contribution in [2.75, 3.05) is 7.11 Å². The van der Waals surface area contributed by atoms with E-state index >= 15 is 0 Å². The van der Waals surface area contributed by atoms with Crippen LogP contribution in [0.2, 0.25) is 0 Å². The number of carbonyl (C=O) groups is 2. The maximum Gasteiger partial charge on any atom is 0.351 e. The minimum atomic E-state index is -4.80.